The first-order chi connectivity index (χ1) is 9.66. The molecule has 0 aromatic carbocycles. The number of allylic oxidation sites excluding steroid dienone is 2. The highest BCUT2D eigenvalue weighted by Crippen LogP contribution is 2.16. The minimum atomic E-state index is -0.703. The molecule has 20 heavy (non-hydrogen) atoms. The van der Waals surface area contributed by atoms with Gasteiger partial charge in [0, 0.05) is 12.8 Å². The lowest BCUT2D eigenvalue weighted by Crippen LogP contribution is -2.34. The summed E-state index contributed by atoms with van der Waals surface area (Å²) >= 11 is 0. The fourth-order valence-electron chi connectivity index (χ4n) is 2.26. The van der Waals surface area contributed by atoms with Crippen LogP contribution in [-0.2, 0) is 24.0 Å². The van der Waals surface area contributed by atoms with Crippen LogP contribution >= 0.6 is 0 Å². The Morgan fingerprint density at radius 1 is 1.15 bits per heavy atom. The van der Waals surface area contributed by atoms with E-state index in [0.717, 1.165) is 32.1 Å². The fourth-order valence-corrected chi connectivity index (χ4v) is 2.26. The third kappa shape index (κ3) is 4.16. The van der Waals surface area contributed by atoms with E-state index >= 15 is 0 Å². The normalized spacial score (nSPS) is 25.2. The van der Waals surface area contributed by atoms with E-state index in [1.54, 1.807) is 0 Å². The van der Waals surface area contributed by atoms with Crippen molar-refractivity contribution < 1.29 is 24.0 Å². The number of hydrogen-bond acceptors (Lipinski definition) is 5. The average Bonchev–Trinajstić information content (AvgIpc) is 2.69. The molecule has 6 heteroatoms. The Hall–Kier alpha value is -1.69. The number of ether oxygens (including phenoxy) is 1. The predicted octanol–water partition coefficient (Wildman–Crippen LogP) is 1.50. The monoisotopic (exact) mass is 281 g/mol. The van der Waals surface area contributed by atoms with Crippen molar-refractivity contribution in [2.45, 2.75) is 51.0 Å². The van der Waals surface area contributed by atoms with Gasteiger partial charge in [0.2, 0.25) is 0 Å². The Kier molecular flexibility index (Phi) is 5.29. The zero-order chi connectivity index (χ0) is 14.4. The Bertz CT molecular complexity index is 402. The molecule has 0 bridgehead atoms. The second-order valence-corrected chi connectivity index (χ2v) is 4.96. The van der Waals surface area contributed by atoms with Gasteiger partial charge in [-0.25, -0.2) is 4.79 Å². The van der Waals surface area contributed by atoms with Crippen LogP contribution < -0.4 is 0 Å². The molecule has 1 saturated heterocycles. The summed E-state index contributed by atoms with van der Waals surface area (Å²) in [6.07, 6.45) is 9.26. The predicted molar refractivity (Wildman–Crippen MR) is 69.1 cm³/mol. The SMILES string of the molecule is O=C(COC1CC/C=C\CCC1)ON1C(=O)CCC1=O. The van der Waals surface area contributed by atoms with E-state index in [4.69, 9.17) is 9.57 Å². The summed E-state index contributed by atoms with van der Waals surface area (Å²) in [6.45, 7) is -0.231. The van der Waals surface area contributed by atoms with Crippen LogP contribution in [0.5, 0.6) is 0 Å². The van der Waals surface area contributed by atoms with Gasteiger partial charge < -0.3 is 9.57 Å². The largest absolute Gasteiger partial charge is 0.366 e. The number of hydroxylamine groups is 2. The number of carbonyl (C=O) groups is 3. The lowest BCUT2D eigenvalue weighted by molar-refractivity contribution is -0.201. The van der Waals surface area contributed by atoms with Crippen LogP contribution in [0.2, 0.25) is 0 Å². The molecule has 1 atom stereocenters. The van der Waals surface area contributed by atoms with Gasteiger partial charge in [0.05, 0.1) is 6.10 Å². The maximum Gasteiger partial charge on any atom is 0.358 e. The van der Waals surface area contributed by atoms with Crippen molar-refractivity contribution in [3.63, 3.8) is 0 Å². The summed E-state index contributed by atoms with van der Waals surface area (Å²) in [5, 5.41) is 0.548. The van der Waals surface area contributed by atoms with Crippen LogP contribution in [0.25, 0.3) is 0 Å². The van der Waals surface area contributed by atoms with Crippen LogP contribution in [0.3, 0.4) is 0 Å². The van der Waals surface area contributed by atoms with Crippen LogP contribution in [0.15, 0.2) is 12.2 Å². The van der Waals surface area contributed by atoms with Crippen molar-refractivity contribution in [3.05, 3.63) is 12.2 Å². The maximum atomic E-state index is 11.6. The van der Waals surface area contributed by atoms with Gasteiger partial charge in [0.15, 0.2) is 0 Å². The topological polar surface area (TPSA) is 72.9 Å². The highest BCUT2D eigenvalue weighted by atomic mass is 16.7. The third-order valence-corrected chi connectivity index (χ3v) is 3.35. The Balaban J connectivity index is 1.73. The quantitative estimate of drug-likeness (QED) is 0.576. The van der Waals surface area contributed by atoms with E-state index in [1.165, 1.54) is 0 Å². The molecule has 1 aliphatic carbocycles. The molecule has 2 amide bonds. The van der Waals surface area contributed by atoms with Gasteiger partial charge in [-0.3, -0.25) is 9.59 Å². The molecule has 1 fully saturated rings. The molecule has 1 unspecified atom stereocenters. The molecule has 110 valence electrons. The Labute approximate surface area is 117 Å². The van der Waals surface area contributed by atoms with E-state index < -0.39 is 17.8 Å². The molecule has 1 aliphatic heterocycles. The number of nitrogens with zero attached hydrogens (tertiary/aromatic N) is 1. The summed E-state index contributed by atoms with van der Waals surface area (Å²) in [6, 6.07) is 0. The van der Waals surface area contributed by atoms with Crippen LogP contribution in [0, 0.1) is 0 Å². The standard InChI is InChI=1S/C14H19NO5/c16-12-8-9-13(17)15(12)20-14(18)10-19-11-6-4-2-1-3-5-7-11/h1-2,11H,3-10H2/b2-1-. The molecule has 0 radical (unpaired) electrons. The molecule has 0 aromatic heterocycles. The van der Waals surface area contributed by atoms with E-state index in [2.05, 4.69) is 12.2 Å². The minimum absolute atomic E-state index is 0.0254. The molecule has 0 saturated carbocycles. The third-order valence-electron chi connectivity index (χ3n) is 3.35. The average molecular weight is 281 g/mol. The summed E-state index contributed by atoms with van der Waals surface area (Å²) < 4.78 is 5.50. The molecule has 2 rings (SSSR count). The van der Waals surface area contributed by atoms with Gasteiger partial charge in [0.1, 0.15) is 6.61 Å². The molecule has 1 heterocycles. The Morgan fingerprint density at radius 2 is 1.85 bits per heavy atom. The number of carbonyl (C=O) groups excluding carboxylic acids is 3. The van der Waals surface area contributed by atoms with Crippen LogP contribution in [0.4, 0.5) is 0 Å². The number of rotatable bonds is 4. The van der Waals surface area contributed by atoms with Crippen molar-refractivity contribution in [1.29, 1.82) is 0 Å². The first-order valence-corrected chi connectivity index (χ1v) is 7.00. The maximum absolute atomic E-state index is 11.6. The lowest BCUT2D eigenvalue weighted by atomic mass is 10.0. The number of hydrogen-bond donors (Lipinski definition) is 0. The first kappa shape index (κ1) is 14.7. The van der Waals surface area contributed by atoms with Gasteiger partial charge in [-0.05, 0) is 32.1 Å². The molecule has 2 aliphatic rings. The van der Waals surface area contributed by atoms with Crippen molar-refractivity contribution >= 4 is 17.8 Å². The molecule has 0 aromatic rings. The summed E-state index contributed by atoms with van der Waals surface area (Å²) in [5.74, 6) is -1.65. The van der Waals surface area contributed by atoms with E-state index in [0.29, 0.717) is 5.06 Å². The van der Waals surface area contributed by atoms with Crippen molar-refractivity contribution in [1.82, 2.24) is 5.06 Å². The zero-order valence-corrected chi connectivity index (χ0v) is 11.4. The van der Waals surface area contributed by atoms with Gasteiger partial charge in [-0.15, -0.1) is 5.06 Å². The van der Waals surface area contributed by atoms with Crippen molar-refractivity contribution in [2.24, 2.45) is 0 Å². The summed E-state index contributed by atoms with van der Waals surface area (Å²) in [4.78, 5) is 38.9. The van der Waals surface area contributed by atoms with E-state index in [-0.39, 0.29) is 25.6 Å². The van der Waals surface area contributed by atoms with Crippen LogP contribution in [0.1, 0.15) is 44.9 Å². The Morgan fingerprint density at radius 3 is 2.60 bits per heavy atom. The highest BCUT2D eigenvalue weighted by molar-refractivity contribution is 6.01. The smallest absolute Gasteiger partial charge is 0.358 e. The fraction of sp³-hybridized carbons (Fsp3) is 0.643. The lowest BCUT2D eigenvalue weighted by Gasteiger charge is -2.18. The second-order valence-electron chi connectivity index (χ2n) is 4.96. The molecular weight excluding hydrogens is 262 g/mol. The zero-order valence-electron chi connectivity index (χ0n) is 11.4. The van der Waals surface area contributed by atoms with E-state index in [1.807, 2.05) is 0 Å². The molecular formula is C14H19NO5. The van der Waals surface area contributed by atoms with Gasteiger partial charge in [0.25, 0.3) is 11.8 Å². The second kappa shape index (κ2) is 7.19. The molecule has 0 spiro atoms. The molecule has 6 nitrogen and oxygen atoms in total. The summed E-state index contributed by atoms with van der Waals surface area (Å²) in [7, 11) is 0. The summed E-state index contributed by atoms with van der Waals surface area (Å²) in [5.41, 5.74) is 0. The highest BCUT2D eigenvalue weighted by Gasteiger charge is 2.32. The van der Waals surface area contributed by atoms with Gasteiger partial charge in [-0.2, -0.15) is 0 Å². The van der Waals surface area contributed by atoms with Crippen LogP contribution in [-0.4, -0.2) is 35.6 Å². The molecule has 0 N–H and O–H groups in total. The first-order valence-electron chi connectivity index (χ1n) is 7.00. The number of imide groups is 1. The number of amides is 2. The van der Waals surface area contributed by atoms with Crippen molar-refractivity contribution in [2.75, 3.05) is 6.61 Å². The van der Waals surface area contributed by atoms with Gasteiger partial charge >= 0.3 is 5.97 Å². The van der Waals surface area contributed by atoms with E-state index in [9.17, 15) is 14.4 Å². The minimum Gasteiger partial charge on any atom is -0.366 e. The van der Waals surface area contributed by atoms with Crippen molar-refractivity contribution in [3.8, 4) is 0 Å². The van der Waals surface area contributed by atoms with Gasteiger partial charge in [-0.1, -0.05) is 12.2 Å².